The Balaban J connectivity index is 1.32. The molecule has 9 nitrogen and oxygen atoms in total. The normalized spacial score (nSPS) is 25.8. The van der Waals surface area contributed by atoms with Gasteiger partial charge in [0, 0.05) is 6.54 Å². The Bertz CT molecular complexity index is 1000. The second-order valence-electron chi connectivity index (χ2n) is 8.99. The van der Waals surface area contributed by atoms with Crippen molar-refractivity contribution in [2.45, 2.75) is 87.2 Å². The van der Waals surface area contributed by atoms with E-state index in [1.165, 1.54) is 0 Å². The van der Waals surface area contributed by atoms with Gasteiger partial charge in [-0.2, -0.15) is 0 Å². The van der Waals surface area contributed by atoms with Crippen LogP contribution in [-0.4, -0.2) is 58.5 Å². The SMILES string of the molecule is Cc1ccc(S(=O)(=O)N[C@@H]2CC[C@@H](CCn3cc(C4(O)CCCC4)nn3)O[C@@H]2CO)cc1. The lowest BCUT2D eigenvalue weighted by Crippen LogP contribution is -2.50. The Labute approximate surface area is 188 Å². The number of hydrogen-bond donors (Lipinski definition) is 3. The lowest BCUT2D eigenvalue weighted by atomic mass is 9.98. The van der Waals surface area contributed by atoms with Gasteiger partial charge in [0.2, 0.25) is 10.0 Å². The predicted molar refractivity (Wildman–Crippen MR) is 117 cm³/mol. The summed E-state index contributed by atoms with van der Waals surface area (Å²) in [5.41, 5.74) is 0.750. The number of rotatable bonds is 8. The molecule has 0 unspecified atom stereocenters. The van der Waals surface area contributed by atoms with Crippen molar-refractivity contribution in [2.75, 3.05) is 6.61 Å². The Morgan fingerprint density at radius 2 is 1.94 bits per heavy atom. The number of aromatic nitrogens is 3. The van der Waals surface area contributed by atoms with E-state index in [9.17, 15) is 18.6 Å². The third kappa shape index (κ3) is 5.20. The molecular formula is C22H32N4O5S. The number of nitrogens with zero attached hydrogens (tertiary/aromatic N) is 3. The van der Waals surface area contributed by atoms with Crippen molar-refractivity contribution in [1.82, 2.24) is 19.7 Å². The monoisotopic (exact) mass is 464 g/mol. The van der Waals surface area contributed by atoms with Gasteiger partial charge in [-0.25, -0.2) is 13.1 Å². The quantitative estimate of drug-likeness (QED) is 0.542. The van der Waals surface area contributed by atoms with E-state index in [1.54, 1.807) is 35.1 Å². The van der Waals surface area contributed by atoms with E-state index in [2.05, 4.69) is 15.0 Å². The molecule has 1 aromatic heterocycles. The summed E-state index contributed by atoms with van der Waals surface area (Å²) in [6, 6.07) is 6.18. The van der Waals surface area contributed by atoms with Gasteiger partial charge in [0.25, 0.3) is 0 Å². The van der Waals surface area contributed by atoms with E-state index in [0.717, 1.165) is 31.2 Å². The van der Waals surface area contributed by atoms with Gasteiger partial charge in [-0.15, -0.1) is 5.10 Å². The number of aliphatic hydroxyl groups is 2. The lowest BCUT2D eigenvalue weighted by Gasteiger charge is -2.36. The molecule has 2 aliphatic rings. The number of nitrogens with one attached hydrogen (secondary N) is 1. The van der Waals surface area contributed by atoms with Crippen molar-refractivity contribution in [2.24, 2.45) is 0 Å². The summed E-state index contributed by atoms with van der Waals surface area (Å²) in [5.74, 6) is 0. The van der Waals surface area contributed by atoms with Crippen LogP contribution in [-0.2, 0) is 26.9 Å². The van der Waals surface area contributed by atoms with Crippen LogP contribution in [0, 0.1) is 6.92 Å². The van der Waals surface area contributed by atoms with Gasteiger partial charge in [-0.3, -0.25) is 4.68 Å². The minimum absolute atomic E-state index is 0.116. The van der Waals surface area contributed by atoms with Crippen LogP contribution in [0.1, 0.15) is 56.2 Å². The molecular weight excluding hydrogens is 432 g/mol. The largest absolute Gasteiger partial charge is 0.394 e. The maximum Gasteiger partial charge on any atom is 0.240 e. The highest BCUT2D eigenvalue weighted by atomic mass is 32.2. The first-order valence-electron chi connectivity index (χ1n) is 11.3. The smallest absolute Gasteiger partial charge is 0.240 e. The van der Waals surface area contributed by atoms with Gasteiger partial charge in [-0.05, 0) is 51.2 Å². The maximum absolute atomic E-state index is 12.7. The zero-order valence-corrected chi connectivity index (χ0v) is 19.2. The molecule has 1 saturated heterocycles. The average Bonchev–Trinajstić information content (AvgIpc) is 3.43. The zero-order valence-electron chi connectivity index (χ0n) is 18.4. The molecule has 10 heteroatoms. The van der Waals surface area contributed by atoms with Crippen molar-refractivity contribution < 1.29 is 23.4 Å². The van der Waals surface area contributed by atoms with Crippen LogP contribution in [0.2, 0.25) is 0 Å². The zero-order chi connectivity index (χ0) is 22.8. The minimum Gasteiger partial charge on any atom is -0.394 e. The predicted octanol–water partition coefficient (Wildman–Crippen LogP) is 1.63. The number of ether oxygens (including phenoxy) is 1. The van der Waals surface area contributed by atoms with Crippen molar-refractivity contribution in [3.63, 3.8) is 0 Å². The molecule has 1 aliphatic heterocycles. The van der Waals surface area contributed by atoms with Crippen molar-refractivity contribution in [1.29, 1.82) is 0 Å². The second kappa shape index (κ2) is 9.56. The van der Waals surface area contributed by atoms with E-state index in [1.807, 2.05) is 6.92 Å². The molecule has 2 heterocycles. The number of aryl methyl sites for hydroxylation is 2. The average molecular weight is 465 g/mol. The van der Waals surface area contributed by atoms with Crippen LogP contribution in [0.3, 0.4) is 0 Å². The standard InChI is InChI=1S/C22H32N4O5S/c1-16-4-7-18(8-5-16)32(29,30)24-19-9-6-17(31-20(19)15-27)10-13-26-14-21(23-25-26)22(28)11-2-3-12-22/h4-5,7-8,14,17,19-20,24,27-28H,2-3,6,9-13,15H2,1H3/t17-,19+,20+/m0/s1. The van der Waals surface area contributed by atoms with E-state index in [-0.39, 0.29) is 17.6 Å². The van der Waals surface area contributed by atoms with Crippen LogP contribution in [0.25, 0.3) is 0 Å². The summed E-state index contributed by atoms with van der Waals surface area (Å²) >= 11 is 0. The van der Waals surface area contributed by atoms with Crippen molar-refractivity contribution >= 4 is 10.0 Å². The molecule has 0 spiro atoms. The van der Waals surface area contributed by atoms with E-state index in [4.69, 9.17) is 4.74 Å². The molecule has 1 saturated carbocycles. The summed E-state index contributed by atoms with van der Waals surface area (Å²) in [5, 5.41) is 28.8. The number of aliphatic hydroxyl groups excluding tert-OH is 1. The van der Waals surface area contributed by atoms with Gasteiger partial charge in [0.1, 0.15) is 11.3 Å². The third-order valence-corrected chi connectivity index (χ3v) is 8.07. The summed E-state index contributed by atoms with van der Waals surface area (Å²) in [7, 11) is -3.69. The first-order valence-corrected chi connectivity index (χ1v) is 12.8. The minimum atomic E-state index is -3.69. The number of benzene rings is 1. The highest BCUT2D eigenvalue weighted by molar-refractivity contribution is 7.89. The fraction of sp³-hybridized carbons (Fsp3) is 0.636. The van der Waals surface area contributed by atoms with Crippen LogP contribution >= 0.6 is 0 Å². The lowest BCUT2D eigenvalue weighted by molar-refractivity contribution is -0.0891. The van der Waals surface area contributed by atoms with Gasteiger partial charge < -0.3 is 14.9 Å². The molecule has 1 aliphatic carbocycles. The molecule has 0 radical (unpaired) electrons. The third-order valence-electron chi connectivity index (χ3n) is 6.56. The van der Waals surface area contributed by atoms with E-state index in [0.29, 0.717) is 31.5 Å². The van der Waals surface area contributed by atoms with Gasteiger partial charge in [0.05, 0.1) is 35.9 Å². The summed E-state index contributed by atoms with van der Waals surface area (Å²) in [4.78, 5) is 0.202. The highest BCUT2D eigenvalue weighted by Gasteiger charge is 2.36. The first-order chi connectivity index (χ1) is 15.3. The summed E-state index contributed by atoms with van der Waals surface area (Å²) in [6.45, 7) is 2.21. The molecule has 0 amide bonds. The van der Waals surface area contributed by atoms with Crippen LogP contribution in [0.4, 0.5) is 0 Å². The highest BCUT2D eigenvalue weighted by Crippen LogP contribution is 2.37. The van der Waals surface area contributed by atoms with Crippen molar-refractivity contribution in [3.05, 3.63) is 41.7 Å². The van der Waals surface area contributed by atoms with Crippen LogP contribution < -0.4 is 4.72 Å². The Hall–Kier alpha value is -1.85. The fourth-order valence-corrected chi connectivity index (χ4v) is 5.88. The molecule has 3 N–H and O–H groups in total. The van der Waals surface area contributed by atoms with Crippen molar-refractivity contribution in [3.8, 4) is 0 Å². The topological polar surface area (TPSA) is 127 Å². The molecule has 2 aromatic rings. The van der Waals surface area contributed by atoms with Crippen LogP contribution in [0.15, 0.2) is 35.4 Å². The second-order valence-corrected chi connectivity index (χ2v) is 10.7. The Kier molecular flexibility index (Phi) is 6.97. The Morgan fingerprint density at radius 1 is 1.22 bits per heavy atom. The maximum atomic E-state index is 12.7. The molecule has 32 heavy (non-hydrogen) atoms. The molecule has 1 aromatic carbocycles. The molecule has 4 rings (SSSR count). The van der Waals surface area contributed by atoms with Gasteiger partial charge in [-0.1, -0.05) is 35.8 Å². The van der Waals surface area contributed by atoms with E-state index < -0.39 is 27.8 Å². The van der Waals surface area contributed by atoms with Gasteiger partial charge in [0.15, 0.2) is 0 Å². The number of sulfonamides is 1. The van der Waals surface area contributed by atoms with Crippen LogP contribution in [0.5, 0.6) is 0 Å². The van der Waals surface area contributed by atoms with Gasteiger partial charge >= 0.3 is 0 Å². The molecule has 2 fully saturated rings. The number of hydrogen-bond acceptors (Lipinski definition) is 7. The summed E-state index contributed by atoms with van der Waals surface area (Å²) < 4.78 is 35.9. The first kappa shape index (κ1) is 23.3. The summed E-state index contributed by atoms with van der Waals surface area (Å²) in [6.07, 6.45) is 6.41. The molecule has 3 atom stereocenters. The Morgan fingerprint density at radius 3 is 2.62 bits per heavy atom. The van der Waals surface area contributed by atoms with E-state index >= 15 is 0 Å². The molecule has 176 valence electrons. The molecule has 0 bridgehead atoms. The fourth-order valence-electron chi connectivity index (χ4n) is 4.58.